The fraction of sp³-hybridized carbons (Fsp3) is 0.517. The predicted octanol–water partition coefficient (Wildman–Crippen LogP) is 5.88. The standard InChI is InChI=1S/C29H38ClF3N8/c1-4-6-14-39-15-9-16-41(20-18-39)28-36-25(22-10-7-11-23(30)21-22)35-27(37-28)38(3)17-19-40(5-2)26-24(29(31,32)33)12-8-13-34-26/h7-8,10-13,21H,4-6,9,14-20H2,1-3H3. The number of rotatable bonds is 11. The third-order valence-electron chi connectivity index (χ3n) is 7.21. The molecule has 0 spiro atoms. The molecule has 0 bridgehead atoms. The molecular formula is C29H38ClF3N8. The molecule has 0 amide bonds. The normalized spacial score (nSPS) is 14.7. The first-order chi connectivity index (χ1) is 19.7. The lowest BCUT2D eigenvalue weighted by molar-refractivity contribution is -0.137. The van der Waals surface area contributed by atoms with Crippen LogP contribution in [0.4, 0.5) is 30.9 Å². The summed E-state index contributed by atoms with van der Waals surface area (Å²) in [4.78, 5) is 26.6. The lowest BCUT2D eigenvalue weighted by Gasteiger charge is -2.28. The van der Waals surface area contributed by atoms with Gasteiger partial charge in [-0.05, 0) is 57.1 Å². The topological polar surface area (TPSA) is 64.5 Å². The fourth-order valence-corrected chi connectivity index (χ4v) is 5.04. The average Bonchev–Trinajstić information content (AvgIpc) is 3.21. The molecule has 1 aliphatic rings. The molecule has 2 aromatic heterocycles. The Hall–Kier alpha value is -3.18. The maximum absolute atomic E-state index is 13.7. The van der Waals surface area contributed by atoms with Gasteiger partial charge in [0.05, 0.1) is 5.56 Å². The Morgan fingerprint density at radius 3 is 2.54 bits per heavy atom. The number of anilines is 3. The third kappa shape index (κ3) is 8.19. The molecule has 0 saturated carbocycles. The molecule has 1 aliphatic heterocycles. The number of halogens is 4. The zero-order chi connectivity index (χ0) is 29.4. The molecule has 41 heavy (non-hydrogen) atoms. The number of hydrogen-bond acceptors (Lipinski definition) is 8. The van der Waals surface area contributed by atoms with Gasteiger partial charge in [-0.15, -0.1) is 0 Å². The van der Waals surface area contributed by atoms with E-state index in [4.69, 9.17) is 26.6 Å². The van der Waals surface area contributed by atoms with Crippen LogP contribution < -0.4 is 14.7 Å². The summed E-state index contributed by atoms with van der Waals surface area (Å²) in [6.45, 7) is 9.75. The van der Waals surface area contributed by atoms with E-state index in [1.54, 1.807) is 11.0 Å². The van der Waals surface area contributed by atoms with E-state index < -0.39 is 11.7 Å². The molecule has 3 heterocycles. The van der Waals surface area contributed by atoms with Gasteiger partial charge in [-0.1, -0.05) is 37.1 Å². The molecule has 222 valence electrons. The molecule has 1 aromatic carbocycles. The Morgan fingerprint density at radius 1 is 0.976 bits per heavy atom. The number of hydrogen-bond donors (Lipinski definition) is 0. The maximum Gasteiger partial charge on any atom is 0.419 e. The first kappa shape index (κ1) is 30.8. The van der Waals surface area contributed by atoms with Crippen LogP contribution in [0.1, 0.15) is 38.7 Å². The molecule has 4 rings (SSSR count). The molecule has 12 heteroatoms. The van der Waals surface area contributed by atoms with Gasteiger partial charge in [0.25, 0.3) is 0 Å². The fourth-order valence-electron chi connectivity index (χ4n) is 4.85. The van der Waals surface area contributed by atoms with E-state index in [1.165, 1.54) is 25.1 Å². The monoisotopic (exact) mass is 590 g/mol. The van der Waals surface area contributed by atoms with Crippen molar-refractivity contribution in [1.29, 1.82) is 0 Å². The third-order valence-corrected chi connectivity index (χ3v) is 7.45. The first-order valence-corrected chi connectivity index (χ1v) is 14.5. The van der Waals surface area contributed by atoms with Crippen molar-refractivity contribution in [1.82, 2.24) is 24.8 Å². The van der Waals surface area contributed by atoms with Crippen LogP contribution in [0, 0.1) is 0 Å². The van der Waals surface area contributed by atoms with Crippen LogP contribution in [0.5, 0.6) is 0 Å². The van der Waals surface area contributed by atoms with Gasteiger partial charge in [-0.3, -0.25) is 0 Å². The predicted molar refractivity (Wildman–Crippen MR) is 159 cm³/mol. The first-order valence-electron chi connectivity index (χ1n) is 14.2. The smallest absolute Gasteiger partial charge is 0.355 e. The highest BCUT2D eigenvalue weighted by atomic mass is 35.5. The molecule has 0 N–H and O–H groups in total. The number of benzene rings is 1. The summed E-state index contributed by atoms with van der Waals surface area (Å²) in [6, 6.07) is 9.75. The average molecular weight is 591 g/mol. The van der Waals surface area contributed by atoms with Crippen molar-refractivity contribution < 1.29 is 13.2 Å². The van der Waals surface area contributed by atoms with E-state index in [9.17, 15) is 13.2 Å². The molecule has 8 nitrogen and oxygen atoms in total. The quantitative estimate of drug-likeness (QED) is 0.274. The van der Waals surface area contributed by atoms with Crippen molar-refractivity contribution >= 4 is 29.3 Å². The maximum atomic E-state index is 13.7. The van der Waals surface area contributed by atoms with Crippen LogP contribution in [0.3, 0.4) is 0 Å². The highest BCUT2D eigenvalue weighted by Gasteiger charge is 2.35. The Labute approximate surface area is 245 Å². The van der Waals surface area contributed by atoms with Crippen molar-refractivity contribution in [3.63, 3.8) is 0 Å². The molecule has 0 aliphatic carbocycles. The van der Waals surface area contributed by atoms with Crippen molar-refractivity contribution in [3.8, 4) is 11.4 Å². The number of unbranched alkanes of at least 4 members (excludes halogenated alkanes) is 1. The summed E-state index contributed by atoms with van der Waals surface area (Å²) < 4.78 is 41.0. The van der Waals surface area contributed by atoms with Crippen LogP contribution in [-0.2, 0) is 6.18 Å². The second-order valence-electron chi connectivity index (χ2n) is 10.2. The summed E-state index contributed by atoms with van der Waals surface area (Å²) in [7, 11) is 1.84. The summed E-state index contributed by atoms with van der Waals surface area (Å²) in [5, 5.41) is 0.579. The van der Waals surface area contributed by atoms with Gasteiger partial charge in [-0.2, -0.15) is 28.1 Å². The Kier molecular flexibility index (Phi) is 10.6. The van der Waals surface area contributed by atoms with E-state index in [0.29, 0.717) is 42.4 Å². The molecular weight excluding hydrogens is 553 g/mol. The number of alkyl halides is 3. The van der Waals surface area contributed by atoms with Crippen molar-refractivity contribution in [2.45, 2.75) is 39.3 Å². The van der Waals surface area contributed by atoms with Gasteiger partial charge in [-0.25, -0.2) is 4.98 Å². The van der Waals surface area contributed by atoms with E-state index in [0.717, 1.165) is 50.8 Å². The zero-order valence-corrected chi connectivity index (χ0v) is 24.7. The number of likely N-dealkylation sites (N-methyl/N-ethyl adjacent to an activating group) is 2. The van der Waals surface area contributed by atoms with Crippen LogP contribution in [-0.4, -0.2) is 84.2 Å². The van der Waals surface area contributed by atoms with E-state index >= 15 is 0 Å². The van der Waals surface area contributed by atoms with Crippen molar-refractivity contribution in [2.75, 3.05) is 74.1 Å². The SMILES string of the molecule is CCCCN1CCCN(c2nc(-c3cccc(Cl)c3)nc(N(C)CCN(CC)c3ncccc3C(F)(F)F)n2)CC1. The van der Waals surface area contributed by atoms with Gasteiger partial charge >= 0.3 is 6.18 Å². The molecule has 1 fully saturated rings. The van der Waals surface area contributed by atoms with E-state index in [2.05, 4.69) is 21.7 Å². The van der Waals surface area contributed by atoms with Gasteiger partial charge in [0.2, 0.25) is 11.9 Å². The molecule has 1 saturated heterocycles. The van der Waals surface area contributed by atoms with Crippen LogP contribution >= 0.6 is 11.6 Å². The van der Waals surface area contributed by atoms with Crippen LogP contribution in [0.2, 0.25) is 5.02 Å². The largest absolute Gasteiger partial charge is 0.419 e. The number of aromatic nitrogens is 4. The van der Waals surface area contributed by atoms with Crippen molar-refractivity contribution in [2.24, 2.45) is 0 Å². The highest BCUT2D eigenvalue weighted by Crippen LogP contribution is 2.35. The van der Waals surface area contributed by atoms with Gasteiger partial charge in [0.1, 0.15) is 5.82 Å². The molecule has 0 atom stereocenters. The number of nitrogens with zero attached hydrogens (tertiary/aromatic N) is 8. The molecule has 3 aromatic rings. The lowest BCUT2D eigenvalue weighted by Crippen LogP contribution is -2.36. The zero-order valence-electron chi connectivity index (χ0n) is 23.9. The van der Waals surface area contributed by atoms with Crippen LogP contribution in [0.25, 0.3) is 11.4 Å². The minimum absolute atomic E-state index is 0.0796. The molecule has 0 radical (unpaired) electrons. The Bertz CT molecular complexity index is 1270. The summed E-state index contributed by atoms with van der Waals surface area (Å²) in [5.41, 5.74) is 0.0259. The second kappa shape index (κ2) is 14.1. The van der Waals surface area contributed by atoms with Gasteiger partial charge in [0, 0.05) is 63.1 Å². The second-order valence-corrected chi connectivity index (χ2v) is 10.6. The van der Waals surface area contributed by atoms with Gasteiger partial charge < -0.3 is 19.6 Å². The Morgan fingerprint density at radius 2 is 1.80 bits per heavy atom. The minimum atomic E-state index is -4.49. The minimum Gasteiger partial charge on any atom is -0.355 e. The highest BCUT2D eigenvalue weighted by molar-refractivity contribution is 6.30. The summed E-state index contributed by atoms with van der Waals surface area (Å²) in [6.07, 6.45) is 0.245. The molecule has 0 unspecified atom stereocenters. The number of pyridine rings is 1. The summed E-state index contributed by atoms with van der Waals surface area (Å²) in [5.74, 6) is 1.46. The van der Waals surface area contributed by atoms with Crippen molar-refractivity contribution in [3.05, 3.63) is 53.2 Å². The van der Waals surface area contributed by atoms with E-state index in [1.807, 2.05) is 37.1 Å². The Balaban J connectivity index is 1.59. The van der Waals surface area contributed by atoms with Crippen LogP contribution in [0.15, 0.2) is 42.6 Å². The lowest BCUT2D eigenvalue weighted by atomic mass is 10.2. The summed E-state index contributed by atoms with van der Waals surface area (Å²) >= 11 is 6.28. The van der Waals surface area contributed by atoms with Gasteiger partial charge in [0.15, 0.2) is 5.82 Å². The van der Waals surface area contributed by atoms with E-state index in [-0.39, 0.29) is 5.82 Å².